The zero-order chi connectivity index (χ0) is 28.6. The number of para-hydroxylation sites is 1. The number of hydrogen-bond donors (Lipinski definition) is 2. The van der Waals surface area contributed by atoms with E-state index in [0.29, 0.717) is 41.4 Å². The Kier molecular flexibility index (Phi) is 9.40. The molecule has 2 amide bonds. The number of thioether (sulfide) groups is 1. The zero-order valence-electron chi connectivity index (χ0n) is 23.0. The van der Waals surface area contributed by atoms with Gasteiger partial charge >= 0.3 is 0 Å². The summed E-state index contributed by atoms with van der Waals surface area (Å²) in [5, 5.41) is 6.94. The lowest BCUT2D eigenvalue weighted by Gasteiger charge is -2.28. The molecule has 0 unspecified atom stereocenters. The van der Waals surface area contributed by atoms with E-state index in [-0.39, 0.29) is 35.0 Å². The number of carbonyl (C=O) groups excluding carboxylic acids is 2. The first-order chi connectivity index (χ1) is 20.0. The Morgan fingerprint density at radius 3 is 2.56 bits per heavy atom. The minimum Gasteiger partial charge on any atom is -0.494 e. The Morgan fingerprint density at radius 2 is 1.83 bits per heavy atom. The number of nitrogens with one attached hydrogen (secondary N) is 2. The molecule has 9 nitrogen and oxygen atoms in total. The van der Waals surface area contributed by atoms with E-state index in [9.17, 15) is 14.4 Å². The highest BCUT2D eigenvalue weighted by atomic mass is 32.2. The lowest BCUT2D eigenvalue weighted by Crippen LogP contribution is -2.34. The van der Waals surface area contributed by atoms with E-state index in [1.807, 2.05) is 43.3 Å². The third-order valence-corrected chi connectivity index (χ3v) is 8.26. The molecule has 0 bridgehead atoms. The summed E-state index contributed by atoms with van der Waals surface area (Å²) < 4.78 is 12.5. The lowest BCUT2D eigenvalue weighted by atomic mass is 9.81. The summed E-state index contributed by atoms with van der Waals surface area (Å²) in [5.41, 5.74) is 1.18. The van der Waals surface area contributed by atoms with Crippen molar-refractivity contribution >= 4 is 40.2 Å². The summed E-state index contributed by atoms with van der Waals surface area (Å²) in [6.45, 7) is 3.38. The van der Waals surface area contributed by atoms with Crippen LogP contribution in [0.1, 0.15) is 38.4 Å². The Balaban J connectivity index is 1.22. The monoisotopic (exact) mass is 574 g/mol. The van der Waals surface area contributed by atoms with Crippen LogP contribution in [0.25, 0.3) is 10.9 Å². The van der Waals surface area contributed by atoms with Crippen LogP contribution < -0.4 is 20.9 Å². The molecular formula is C31H34N4O5S. The zero-order valence-corrected chi connectivity index (χ0v) is 23.8. The van der Waals surface area contributed by atoms with Gasteiger partial charge in [0.15, 0.2) is 5.16 Å². The van der Waals surface area contributed by atoms with Gasteiger partial charge in [0.05, 0.1) is 36.1 Å². The maximum atomic E-state index is 13.5. The van der Waals surface area contributed by atoms with Crippen molar-refractivity contribution in [2.75, 3.05) is 17.7 Å². The molecule has 0 spiro atoms. The number of fused-ring (bicyclic) bond motifs is 1. The molecule has 2 aromatic carbocycles. The van der Waals surface area contributed by atoms with E-state index < -0.39 is 0 Å². The number of rotatable bonds is 11. The van der Waals surface area contributed by atoms with Crippen LogP contribution in [0.15, 0.2) is 81.3 Å². The average Bonchev–Trinajstić information content (AvgIpc) is 3.52. The Labute approximate surface area is 242 Å². The molecule has 0 atom stereocenters. The maximum Gasteiger partial charge on any atom is 0.262 e. The van der Waals surface area contributed by atoms with Crippen molar-refractivity contribution in [1.82, 2.24) is 14.9 Å². The van der Waals surface area contributed by atoms with E-state index in [4.69, 9.17) is 14.1 Å². The van der Waals surface area contributed by atoms with Crippen LogP contribution in [0.3, 0.4) is 0 Å². The maximum absolute atomic E-state index is 13.5. The van der Waals surface area contributed by atoms with E-state index >= 15 is 0 Å². The van der Waals surface area contributed by atoms with E-state index in [1.165, 1.54) is 11.8 Å². The van der Waals surface area contributed by atoms with Crippen molar-refractivity contribution in [2.45, 2.75) is 50.9 Å². The SMILES string of the molecule is CCOc1ccc(NC(=O)CSc2nc3ccccc3c(=O)n2CC2CCC(C(=O)NCc3ccco3)CC2)cc1. The predicted molar refractivity (Wildman–Crippen MR) is 159 cm³/mol. The highest BCUT2D eigenvalue weighted by Gasteiger charge is 2.27. The normalized spacial score (nSPS) is 16.8. The smallest absolute Gasteiger partial charge is 0.262 e. The molecule has 4 aromatic rings. The van der Waals surface area contributed by atoms with E-state index in [0.717, 1.165) is 37.2 Å². The first-order valence-electron chi connectivity index (χ1n) is 14.0. The fraction of sp³-hybridized carbons (Fsp3) is 0.355. The van der Waals surface area contributed by atoms with Crippen molar-refractivity contribution < 1.29 is 18.7 Å². The topological polar surface area (TPSA) is 115 Å². The van der Waals surface area contributed by atoms with Gasteiger partial charge in [-0.3, -0.25) is 19.0 Å². The molecule has 10 heteroatoms. The van der Waals surface area contributed by atoms with E-state index in [2.05, 4.69) is 10.6 Å². The predicted octanol–water partition coefficient (Wildman–Crippen LogP) is 5.24. The van der Waals surface area contributed by atoms with Gasteiger partial charge in [-0.2, -0.15) is 0 Å². The Morgan fingerprint density at radius 1 is 1.05 bits per heavy atom. The highest BCUT2D eigenvalue weighted by Crippen LogP contribution is 2.31. The first kappa shape index (κ1) is 28.5. The van der Waals surface area contributed by atoms with Gasteiger partial charge in [-0.15, -0.1) is 0 Å². The summed E-state index contributed by atoms with van der Waals surface area (Å²) in [6, 6.07) is 18.1. The van der Waals surface area contributed by atoms with Gasteiger partial charge in [0.1, 0.15) is 11.5 Å². The third kappa shape index (κ3) is 7.38. The van der Waals surface area contributed by atoms with Crippen LogP contribution in [0, 0.1) is 11.8 Å². The molecule has 1 aliphatic carbocycles. The molecule has 2 aromatic heterocycles. The fourth-order valence-corrected chi connectivity index (χ4v) is 5.95. The summed E-state index contributed by atoms with van der Waals surface area (Å²) in [5.74, 6) is 1.63. The highest BCUT2D eigenvalue weighted by molar-refractivity contribution is 7.99. The molecule has 2 N–H and O–H groups in total. The van der Waals surface area contributed by atoms with Gasteiger partial charge in [-0.25, -0.2) is 4.98 Å². The van der Waals surface area contributed by atoms with Crippen LogP contribution in [-0.2, 0) is 22.7 Å². The second-order valence-corrected chi connectivity index (χ2v) is 11.1. The molecule has 1 aliphatic rings. The number of anilines is 1. The molecular weight excluding hydrogens is 540 g/mol. The van der Waals surface area contributed by atoms with Gasteiger partial charge in [0.2, 0.25) is 11.8 Å². The number of ether oxygens (including phenoxy) is 1. The fourth-order valence-electron chi connectivity index (χ4n) is 5.14. The molecule has 2 heterocycles. The molecule has 5 rings (SSSR count). The van der Waals surface area contributed by atoms with Crippen LogP contribution in [0.2, 0.25) is 0 Å². The quantitative estimate of drug-likeness (QED) is 0.186. The molecule has 1 saturated carbocycles. The number of aromatic nitrogens is 2. The van der Waals surface area contributed by atoms with Gasteiger partial charge in [-0.1, -0.05) is 23.9 Å². The van der Waals surface area contributed by atoms with Gasteiger partial charge < -0.3 is 19.8 Å². The molecule has 214 valence electrons. The molecule has 0 saturated heterocycles. The minimum absolute atomic E-state index is 0.0409. The standard InChI is InChI=1S/C31H34N4O5S/c1-2-39-24-15-13-23(14-16-24)33-28(36)20-41-31-34-27-8-4-3-7-26(27)30(38)35(31)19-21-9-11-22(12-10-21)29(37)32-18-25-6-5-17-40-25/h3-8,13-17,21-22H,2,9-12,18-20H2,1H3,(H,32,37)(H,33,36). The second-order valence-electron chi connectivity index (χ2n) is 10.1. The molecule has 41 heavy (non-hydrogen) atoms. The Hall–Kier alpha value is -4.05. The summed E-state index contributed by atoms with van der Waals surface area (Å²) in [6.07, 6.45) is 4.78. The lowest BCUT2D eigenvalue weighted by molar-refractivity contribution is -0.126. The summed E-state index contributed by atoms with van der Waals surface area (Å²) >= 11 is 1.26. The van der Waals surface area contributed by atoms with Crippen LogP contribution >= 0.6 is 11.8 Å². The van der Waals surface area contributed by atoms with Crippen molar-refractivity contribution in [3.8, 4) is 5.75 Å². The van der Waals surface area contributed by atoms with Crippen molar-refractivity contribution in [2.24, 2.45) is 11.8 Å². The molecule has 1 fully saturated rings. The van der Waals surface area contributed by atoms with Crippen molar-refractivity contribution in [3.63, 3.8) is 0 Å². The summed E-state index contributed by atoms with van der Waals surface area (Å²) in [7, 11) is 0. The van der Waals surface area contributed by atoms with Crippen LogP contribution in [0.5, 0.6) is 5.75 Å². The largest absolute Gasteiger partial charge is 0.494 e. The van der Waals surface area contributed by atoms with Crippen LogP contribution in [0.4, 0.5) is 5.69 Å². The Bertz CT molecular complexity index is 1530. The second kappa shape index (κ2) is 13.5. The number of carbonyl (C=O) groups is 2. The number of benzene rings is 2. The average molecular weight is 575 g/mol. The minimum atomic E-state index is -0.186. The number of furan rings is 1. The first-order valence-corrected chi connectivity index (χ1v) is 14.9. The van der Waals surface area contributed by atoms with E-state index in [1.54, 1.807) is 35.1 Å². The van der Waals surface area contributed by atoms with Crippen molar-refractivity contribution in [1.29, 1.82) is 0 Å². The summed E-state index contributed by atoms with van der Waals surface area (Å²) in [4.78, 5) is 43.7. The third-order valence-electron chi connectivity index (χ3n) is 7.28. The number of hydrogen-bond acceptors (Lipinski definition) is 7. The number of amides is 2. The van der Waals surface area contributed by atoms with Gasteiger partial charge in [0.25, 0.3) is 5.56 Å². The number of nitrogens with zero attached hydrogens (tertiary/aromatic N) is 2. The van der Waals surface area contributed by atoms with Crippen LogP contribution in [-0.4, -0.2) is 33.7 Å². The van der Waals surface area contributed by atoms with Gasteiger partial charge in [0, 0.05) is 18.2 Å². The van der Waals surface area contributed by atoms with Gasteiger partial charge in [-0.05, 0) is 87.1 Å². The molecule has 0 radical (unpaired) electrons. The van der Waals surface area contributed by atoms with Crippen molar-refractivity contribution in [3.05, 3.63) is 83.0 Å². The molecule has 0 aliphatic heterocycles.